The Balaban J connectivity index is 0.0000113. The lowest BCUT2D eigenvalue weighted by molar-refractivity contribution is -0.427. The summed E-state index contributed by atoms with van der Waals surface area (Å²) in [6.07, 6.45) is 21.1. The summed E-state index contributed by atoms with van der Waals surface area (Å²) in [5.41, 5.74) is 0. The first-order valence-electron chi connectivity index (χ1n) is 32.5. The molecule has 0 aliphatic carbocycles. The molecule has 6 unspecified atom stereocenters. The predicted octanol–water partition coefficient (Wildman–Crippen LogP) is 6.63. The highest BCUT2D eigenvalue weighted by atomic mass is 16.8. The minimum absolute atomic E-state index is 0.0519. The molecule has 0 bridgehead atoms. The summed E-state index contributed by atoms with van der Waals surface area (Å²) >= 11 is 0. The van der Waals surface area contributed by atoms with Gasteiger partial charge in [-0.05, 0) is 19.4 Å². The fraction of sp³-hybridized carbons (Fsp3) is 0.968. The smallest absolute Gasteiger partial charge is 0.283 e. The fourth-order valence-corrected chi connectivity index (χ4v) is 11.5. The molecule has 0 aromatic rings. The zero-order valence-corrected chi connectivity index (χ0v) is 51.3. The summed E-state index contributed by atoms with van der Waals surface area (Å²) in [6, 6.07) is -1.27. The minimum atomic E-state index is -2.60. The quantitative estimate of drug-likeness (QED) is 0.0225. The number of carbonyl (C=O) groups is 2. The Morgan fingerprint density at radius 1 is 0.622 bits per heavy atom. The first-order valence-corrected chi connectivity index (χ1v) is 32.5. The van der Waals surface area contributed by atoms with Gasteiger partial charge in [0.05, 0.1) is 45.1 Å². The summed E-state index contributed by atoms with van der Waals surface area (Å²) in [6.45, 7) is 8.02. The van der Waals surface area contributed by atoms with Crippen molar-refractivity contribution in [2.45, 2.75) is 344 Å². The summed E-state index contributed by atoms with van der Waals surface area (Å²) in [4.78, 5) is 20.6. The maximum Gasteiger partial charge on any atom is 0.283 e. The van der Waals surface area contributed by atoms with Crippen LogP contribution in [0.25, 0.3) is 0 Å². The van der Waals surface area contributed by atoms with Gasteiger partial charge in [-0.15, -0.1) is 0 Å². The Hall–Kier alpha value is -1.54. The van der Waals surface area contributed by atoms with E-state index in [1.807, 2.05) is 6.79 Å². The second-order valence-electron chi connectivity index (χ2n) is 23.9. The molecule has 486 valence electrons. The van der Waals surface area contributed by atoms with Crippen LogP contribution in [0.3, 0.4) is 0 Å². The van der Waals surface area contributed by atoms with Gasteiger partial charge in [0, 0.05) is 18.9 Å². The number of hydrogen-bond donors (Lipinski definition) is 12. The van der Waals surface area contributed by atoms with Crippen molar-refractivity contribution in [2.75, 3.05) is 33.0 Å². The molecular weight excluding hydrogens is 1060 g/mol. The van der Waals surface area contributed by atoms with Crippen LogP contribution in [0.5, 0.6) is 0 Å². The van der Waals surface area contributed by atoms with Crippen molar-refractivity contribution in [3.63, 3.8) is 0 Å². The monoisotopic (exact) mass is 1180 g/mol. The van der Waals surface area contributed by atoms with Gasteiger partial charge < -0.3 is 94.9 Å². The Kier molecular flexibility index (Phi) is 43.5. The zero-order chi connectivity index (χ0) is 60.5. The van der Waals surface area contributed by atoms with Crippen LogP contribution >= 0.6 is 0 Å². The van der Waals surface area contributed by atoms with E-state index >= 15 is 0 Å². The van der Waals surface area contributed by atoms with E-state index in [2.05, 4.69) is 24.5 Å². The molecule has 0 aromatic carbocycles. The third-order valence-corrected chi connectivity index (χ3v) is 16.8. The van der Waals surface area contributed by atoms with Crippen LogP contribution < -0.4 is 10.6 Å². The summed E-state index contributed by atoms with van der Waals surface area (Å²) in [7, 11) is 0. The molecule has 17 atom stereocenters. The standard InChI is InChI=1S/C61H118N2O17.CH2O/c1-5-7-9-11-13-15-17-18-19-20-21-22-23-24-25-26-27-28-30-32-34-36-38-62-46(37-35-33-31-29-16-14-12-10-8-6-2)42-75-59-51(63-45(4)66)54(71)58(49(41-65)77-59)79-60-56(73)55(72)53(70)50(78-60)43-76-61(74)39-47(67)44(3)57(80-61)52(69)48(68)40-64;1-2/h44,46-60,62,64-65,67-74H,5-43H2,1-4H3,(H,63,66);1H2/t44-,46?,47-,48-,49?,50?,51?,52-,53+,54-,55+,56?,57?,58-,59-,60+,61-;/m1./s1. The number of amides is 1. The van der Waals surface area contributed by atoms with E-state index in [1.165, 1.54) is 187 Å². The topological polar surface area (TPSA) is 316 Å². The van der Waals surface area contributed by atoms with Crippen LogP contribution in [0.1, 0.15) is 246 Å². The number of hydrogen-bond acceptors (Lipinski definition) is 19. The highest BCUT2D eigenvalue weighted by molar-refractivity contribution is 5.73. The fourth-order valence-electron chi connectivity index (χ4n) is 11.5. The number of rotatable bonds is 48. The molecule has 20 heteroatoms. The maximum absolute atomic E-state index is 12.6. The van der Waals surface area contributed by atoms with Gasteiger partial charge in [0.1, 0.15) is 67.8 Å². The molecule has 3 aliphatic rings. The molecule has 0 saturated carbocycles. The third-order valence-electron chi connectivity index (χ3n) is 16.8. The highest BCUT2D eigenvalue weighted by Crippen LogP contribution is 2.36. The van der Waals surface area contributed by atoms with Crippen LogP contribution in [-0.4, -0.2) is 195 Å². The molecule has 1 amide bonds. The van der Waals surface area contributed by atoms with Crippen LogP contribution in [0.2, 0.25) is 0 Å². The van der Waals surface area contributed by atoms with E-state index in [1.54, 1.807) is 0 Å². The van der Waals surface area contributed by atoms with Gasteiger partial charge in [-0.25, -0.2) is 0 Å². The van der Waals surface area contributed by atoms with E-state index in [0.29, 0.717) is 0 Å². The summed E-state index contributed by atoms with van der Waals surface area (Å²) < 4.78 is 35.6. The van der Waals surface area contributed by atoms with Gasteiger partial charge in [-0.3, -0.25) is 4.79 Å². The number of unbranched alkanes of at least 4 members (excludes halogenated alkanes) is 30. The summed E-state index contributed by atoms with van der Waals surface area (Å²) in [5.74, 6) is -3.93. The third kappa shape index (κ3) is 30.4. The maximum atomic E-state index is 12.6. The van der Waals surface area contributed by atoms with Gasteiger partial charge in [-0.1, -0.05) is 220 Å². The second kappa shape index (κ2) is 46.6. The van der Waals surface area contributed by atoms with E-state index in [-0.39, 0.29) is 12.6 Å². The van der Waals surface area contributed by atoms with Crippen molar-refractivity contribution in [3.8, 4) is 0 Å². The number of aliphatic hydroxyl groups excluding tert-OH is 9. The van der Waals surface area contributed by atoms with Gasteiger partial charge in [-0.2, -0.15) is 0 Å². The Bertz CT molecular complexity index is 1530. The van der Waals surface area contributed by atoms with Crippen molar-refractivity contribution in [3.05, 3.63) is 0 Å². The zero-order valence-electron chi connectivity index (χ0n) is 51.3. The lowest BCUT2D eigenvalue weighted by atomic mass is 9.87. The van der Waals surface area contributed by atoms with Crippen molar-refractivity contribution in [2.24, 2.45) is 5.92 Å². The van der Waals surface area contributed by atoms with Gasteiger partial charge in [0.2, 0.25) is 5.91 Å². The number of nitrogens with one attached hydrogen (secondary N) is 2. The molecule has 3 rings (SSSR count). The SMILES string of the molecule is C=O.CCCCCCCCCCCCCCCCCCCCCCCCNC(CCCCCCCCCCCC)CO[C@@H]1OC(CO)[C@@H](O[C@@H]2OC(CO[C@]3(O)C[C@@H](O)[C@@H](C)C([C@H](O)[C@H](O)CO)O3)[C@H](O)[C@H](O)C2O)[C@H](O)C1NC(C)=O. The van der Waals surface area contributed by atoms with E-state index < -0.39 is 130 Å². The number of carbonyl (C=O) groups excluding carboxylic acids is 2. The molecule has 3 aliphatic heterocycles. The van der Waals surface area contributed by atoms with Crippen molar-refractivity contribution in [1.82, 2.24) is 10.6 Å². The predicted molar refractivity (Wildman–Crippen MR) is 314 cm³/mol. The molecule has 3 fully saturated rings. The van der Waals surface area contributed by atoms with E-state index in [4.69, 9.17) is 33.2 Å². The van der Waals surface area contributed by atoms with E-state index in [9.17, 15) is 55.9 Å². The molecular formula is C62H120N2O18. The second-order valence-corrected chi connectivity index (χ2v) is 23.9. The average Bonchev–Trinajstić information content (AvgIpc) is 3.28. The molecule has 82 heavy (non-hydrogen) atoms. The minimum Gasteiger partial charge on any atom is -0.394 e. The van der Waals surface area contributed by atoms with Crippen molar-refractivity contribution >= 4 is 12.7 Å². The van der Waals surface area contributed by atoms with Crippen LogP contribution in [0, 0.1) is 5.92 Å². The van der Waals surface area contributed by atoms with Gasteiger partial charge in [0.25, 0.3) is 5.97 Å². The first kappa shape index (κ1) is 76.6. The Morgan fingerprint density at radius 2 is 1.07 bits per heavy atom. The molecule has 0 radical (unpaired) electrons. The highest BCUT2D eigenvalue weighted by Gasteiger charge is 2.53. The molecule has 20 nitrogen and oxygen atoms in total. The number of aliphatic hydroxyl groups is 10. The molecule has 0 spiro atoms. The summed E-state index contributed by atoms with van der Waals surface area (Å²) in [5, 5.41) is 114. The Labute approximate surface area is 493 Å². The Morgan fingerprint density at radius 3 is 1.52 bits per heavy atom. The van der Waals surface area contributed by atoms with E-state index in [0.717, 1.165) is 45.1 Å². The van der Waals surface area contributed by atoms with Gasteiger partial charge in [0.15, 0.2) is 12.6 Å². The lowest BCUT2D eigenvalue weighted by Crippen LogP contribution is -2.68. The molecule has 3 heterocycles. The largest absolute Gasteiger partial charge is 0.394 e. The first-order chi connectivity index (χ1) is 39.6. The van der Waals surface area contributed by atoms with Crippen LogP contribution in [0.15, 0.2) is 0 Å². The van der Waals surface area contributed by atoms with Crippen LogP contribution in [0.4, 0.5) is 0 Å². The van der Waals surface area contributed by atoms with Crippen LogP contribution in [-0.2, 0) is 38.0 Å². The van der Waals surface area contributed by atoms with Crippen molar-refractivity contribution in [1.29, 1.82) is 0 Å². The lowest BCUT2D eigenvalue weighted by Gasteiger charge is -2.48. The molecule has 12 N–H and O–H groups in total. The average molecular weight is 1180 g/mol. The normalized spacial score (nSPS) is 29.7. The molecule has 0 aromatic heterocycles. The van der Waals surface area contributed by atoms with Gasteiger partial charge >= 0.3 is 0 Å². The number of ether oxygens (including phenoxy) is 6. The van der Waals surface area contributed by atoms with Crippen molar-refractivity contribution < 1.29 is 89.1 Å². The molecule has 3 saturated heterocycles.